The summed E-state index contributed by atoms with van der Waals surface area (Å²) in [5.41, 5.74) is 0.0938. The fourth-order valence-electron chi connectivity index (χ4n) is 2.58. The van der Waals surface area contributed by atoms with Crippen molar-refractivity contribution in [1.82, 2.24) is 20.1 Å². The first-order valence-corrected chi connectivity index (χ1v) is 7.99. The molecule has 1 fully saturated rings. The number of nitrogens with one attached hydrogen (secondary N) is 1. The van der Waals surface area contributed by atoms with E-state index in [9.17, 15) is 10.1 Å². The van der Waals surface area contributed by atoms with E-state index in [1.165, 1.54) is 23.9 Å². The number of non-ortho nitro benzene ring substituents is 1. The molecule has 1 saturated heterocycles. The van der Waals surface area contributed by atoms with Gasteiger partial charge in [-0.05, 0) is 43.3 Å². The molecule has 116 valence electrons. The summed E-state index contributed by atoms with van der Waals surface area (Å²) in [5.74, 6) is 1.40. The number of nitro groups is 1. The highest BCUT2D eigenvalue weighted by atomic mass is 32.2. The van der Waals surface area contributed by atoms with E-state index >= 15 is 0 Å². The van der Waals surface area contributed by atoms with Gasteiger partial charge in [0.2, 0.25) is 0 Å². The summed E-state index contributed by atoms with van der Waals surface area (Å²) >= 11 is 1.47. The van der Waals surface area contributed by atoms with Crippen LogP contribution >= 0.6 is 11.8 Å². The predicted molar refractivity (Wildman–Crippen MR) is 83.1 cm³/mol. The molecule has 1 atom stereocenters. The van der Waals surface area contributed by atoms with Gasteiger partial charge in [-0.3, -0.25) is 10.1 Å². The number of piperidine rings is 1. The number of aromatic nitrogens is 3. The molecule has 22 heavy (non-hydrogen) atoms. The topological polar surface area (TPSA) is 85.9 Å². The highest BCUT2D eigenvalue weighted by Gasteiger charge is 2.21. The number of nitrogens with zero attached hydrogens (tertiary/aromatic N) is 4. The lowest BCUT2D eigenvalue weighted by Gasteiger charge is -2.21. The van der Waals surface area contributed by atoms with Gasteiger partial charge in [0.25, 0.3) is 5.69 Å². The number of benzene rings is 1. The lowest BCUT2D eigenvalue weighted by molar-refractivity contribution is -0.384. The Balaban J connectivity index is 1.75. The van der Waals surface area contributed by atoms with Crippen molar-refractivity contribution in [1.29, 1.82) is 0 Å². The van der Waals surface area contributed by atoms with E-state index in [4.69, 9.17) is 0 Å². The second kappa shape index (κ2) is 6.45. The highest BCUT2D eigenvalue weighted by molar-refractivity contribution is 7.99. The molecular formula is C14H17N5O2S. The lowest BCUT2D eigenvalue weighted by atomic mass is 9.99. The van der Waals surface area contributed by atoms with Gasteiger partial charge in [-0.15, -0.1) is 10.2 Å². The average molecular weight is 319 g/mol. The van der Waals surface area contributed by atoms with Gasteiger partial charge in [0, 0.05) is 36.5 Å². The minimum absolute atomic E-state index is 0.0938. The maximum absolute atomic E-state index is 10.7. The summed E-state index contributed by atoms with van der Waals surface area (Å²) in [6.45, 7) is 2.01. The van der Waals surface area contributed by atoms with E-state index < -0.39 is 4.92 Å². The molecule has 2 heterocycles. The predicted octanol–water partition coefficient (Wildman–Crippen LogP) is 2.34. The second-order valence-corrected chi connectivity index (χ2v) is 6.34. The Labute approximate surface area is 132 Å². The second-order valence-electron chi connectivity index (χ2n) is 5.30. The minimum atomic E-state index is -0.398. The van der Waals surface area contributed by atoms with Crippen LogP contribution in [0.1, 0.15) is 24.6 Å². The van der Waals surface area contributed by atoms with Crippen molar-refractivity contribution in [2.45, 2.75) is 28.8 Å². The van der Waals surface area contributed by atoms with Gasteiger partial charge in [0.1, 0.15) is 5.82 Å². The Morgan fingerprint density at radius 1 is 1.36 bits per heavy atom. The number of nitro benzene ring substituents is 1. The van der Waals surface area contributed by atoms with Gasteiger partial charge in [-0.2, -0.15) is 0 Å². The summed E-state index contributed by atoms with van der Waals surface area (Å²) in [4.78, 5) is 11.2. The third kappa shape index (κ3) is 3.12. The highest BCUT2D eigenvalue weighted by Crippen LogP contribution is 2.30. The third-order valence-corrected chi connectivity index (χ3v) is 4.83. The summed E-state index contributed by atoms with van der Waals surface area (Å²) in [6, 6.07) is 6.48. The molecule has 3 rings (SSSR count). The van der Waals surface area contributed by atoms with Crippen molar-refractivity contribution < 1.29 is 4.92 Å². The maximum atomic E-state index is 10.7. The van der Waals surface area contributed by atoms with Crippen LogP contribution in [0.3, 0.4) is 0 Å². The van der Waals surface area contributed by atoms with Gasteiger partial charge in [-0.25, -0.2) is 0 Å². The van der Waals surface area contributed by atoms with Crippen molar-refractivity contribution in [3.63, 3.8) is 0 Å². The van der Waals surface area contributed by atoms with Crippen LogP contribution in [0.4, 0.5) is 5.69 Å². The van der Waals surface area contributed by atoms with Crippen molar-refractivity contribution in [3.8, 4) is 0 Å². The Kier molecular flexibility index (Phi) is 4.39. The van der Waals surface area contributed by atoms with Crippen molar-refractivity contribution in [3.05, 3.63) is 40.2 Å². The fourth-order valence-corrected chi connectivity index (χ4v) is 3.38. The van der Waals surface area contributed by atoms with Crippen LogP contribution in [0.2, 0.25) is 0 Å². The van der Waals surface area contributed by atoms with Crippen LogP contribution in [-0.4, -0.2) is 32.8 Å². The van der Waals surface area contributed by atoms with E-state index in [0.717, 1.165) is 41.8 Å². The number of hydrogen-bond donors (Lipinski definition) is 1. The molecule has 0 saturated carbocycles. The Hall–Kier alpha value is -1.93. The van der Waals surface area contributed by atoms with Gasteiger partial charge in [-0.1, -0.05) is 0 Å². The smallest absolute Gasteiger partial charge is 0.269 e. The van der Waals surface area contributed by atoms with E-state index in [0.29, 0.717) is 5.92 Å². The molecule has 0 bridgehead atoms. The maximum Gasteiger partial charge on any atom is 0.269 e. The normalized spacial score (nSPS) is 18.3. The van der Waals surface area contributed by atoms with Crippen LogP contribution in [0.5, 0.6) is 0 Å². The number of hydrogen-bond acceptors (Lipinski definition) is 6. The first kappa shape index (κ1) is 15.0. The molecule has 0 spiro atoms. The van der Waals surface area contributed by atoms with E-state index in [1.54, 1.807) is 12.1 Å². The molecule has 1 N–H and O–H groups in total. The Morgan fingerprint density at radius 3 is 2.77 bits per heavy atom. The molecule has 1 aliphatic heterocycles. The molecule has 1 unspecified atom stereocenters. The molecule has 0 radical (unpaired) electrons. The van der Waals surface area contributed by atoms with Crippen LogP contribution in [-0.2, 0) is 7.05 Å². The Bertz CT molecular complexity index is 664. The molecule has 7 nitrogen and oxygen atoms in total. The quantitative estimate of drug-likeness (QED) is 0.687. The van der Waals surface area contributed by atoms with Crippen LogP contribution in [0.15, 0.2) is 34.3 Å². The molecule has 1 aliphatic rings. The van der Waals surface area contributed by atoms with Crippen molar-refractivity contribution >= 4 is 17.4 Å². The first-order valence-electron chi connectivity index (χ1n) is 7.17. The van der Waals surface area contributed by atoms with Gasteiger partial charge >= 0.3 is 0 Å². The molecular weight excluding hydrogens is 302 g/mol. The summed E-state index contributed by atoms with van der Waals surface area (Å²) in [7, 11) is 1.97. The zero-order chi connectivity index (χ0) is 15.5. The lowest BCUT2D eigenvalue weighted by Crippen LogP contribution is -2.29. The standard InChI is InChI=1S/C14H17N5O2S/c1-18-13(10-3-2-8-15-9-10)16-17-14(18)22-12-6-4-11(5-7-12)19(20)21/h4-7,10,15H,2-3,8-9H2,1H3. The van der Waals surface area contributed by atoms with E-state index in [-0.39, 0.29) is 5.69 Å². The molecule has 1 aromatic carbocycles. The molecule has 0 amide bonds. The number of rotatable bonds is 4. The largest absolute Gasteiger partial charge is 0.316 e. The zero-order valence-electron chi connectivity index (χ0n) is 12.2. The fraction of sp³-hybridized carbons (Fsp3) is 0.429. The monoisotopic (exact) mass is 319 g/mol. The first-order chi connectivity index (χ1) is 10.6. The van der Waals surface area contributed by atoms with Crippen molar-refractivity contribution in [2.24, 2.45) is 7.05 Å². The van der Waals surface area contributed by atoms with Crippen LogP contribution in [0, 0.1) is 10.1 Å². The molecule has 0 aliphatic carbocycles. The van der Waals surface area contributed by atoms with Crippen molar-refractivity contribution in [2.75, 3.05) is 13.1 Å². The summed E-state index contributed by atoms with van der Waals surface area (Å²) < 4.78 is 2.02. The van der Waals surface area contributed by atoms with Gasteiger partial charge < -0.3 is 9.88 Å². The third-order valence-electron chi connectivity index (χ3n) is 3.79. The Morgan fingerprint density at radius 2 is 2.14 bits per heavy atom. The van der Waals surface area contributed by atoms with Crippen LogP contribution < -0.4 is 5.32 Å². The molecule has 8 heteroatoms. The van der Waals surface area contributed by atoms with E-state index in [2.05, 4.69) is 15.5 Å². The zero-order valence-corrected chi connectivity index (χ0v) is 13.0. The average Bonchev–Trinajstić information content (AvgIpc) is 2.90. The summed E-state index contributed by atoms with van der Waals surface area (Å²) in [6.07, 6.45) is 2.28. The van der Waals surface area contributed by atoms with Gasteiger partial charge in [0.05, 0.1) is 4.92 Å². The van der Waals surface area contributed by atoms with Crippen LogP contribution in [0.25, 0.3) is 0 Å². The molecule has 1 aromatic heterocycles. The SMILES string of the molecule is Cn1c(Sc2ccc([N+](=O)[O-])cc2)nnc1C1CCCNC1. The minimum Gasteiger partial charge on any atom is -0.316 e. The van der Waals surface area contributed by atoms with Gasteiger partial charge in [0.15, 0.2) is 5.16 Å². The summed E-state index contributed by atoms with van der Waals surface area (Å²) in [5, 5.41) is 23.4. The molecule has 2 aromatic rings. The van der Waals surface area contributed by atoms with E-state index in [1.807, 2.05) is 11.6 Å².